The van der Waals surface area contributed by atoms with E-state index in [0.717, 1.165) is 61.8 Å². The Morgan fingerprint density at radius 3 is 2.72 bits per heavy atom. The van der Waals surface area contributed by atoms with E-state index in [9.17, 15) is 4.79 Å². The predicted octanol–water partition coefficient (Wildman–Crippen LogP) is 4.70. The van der Waals surface area contributed by atoms with Crippen molar-refractivity contribution in [3.8, 4) is 5.75 Å². The number of nitrogens with zero attached hydrogens (tertiary/aromatic N) is 2. The highest BCUT2D eigenvalue weighted by Gasteiger charge is 2.27. The summed E-state index contributed by atoms with van der Waals surface area (Å²) in [6, 6.07) is 8.52. The molecular weight excluding hydrogens is 402 g/mol. The maximum atomic E-state index is 12.2. The van der Waals surface area contributed by atoms with Crippen LogP contribution in [-0.4, -0.2) is 54.9 Å². The molecule has 6 nitrogen and oxygen atoms in total. The van der Waals surface area contributed by atoms with Gasteiger partial charge in [0, 0.05) is 38.2 Å². The van der Waals surface area contributed by atoms with Crippen LogP contribution in [0.4, 0.5) is 0 Å². The van der Waals surface area contributed by atoms with E-state index >= 15 is 0 Å². The summed E-state index contributed by atoms with van der Waals surface area (Å²) in [6.45, 7) is 6.55. The number of pyridine rings is 1. The van der Waals surface area contributed by atoms with Gasteiger partial charge in [-0.05, 0) is 55.9 Å². The fraction of sp³-hybridized carbons (Fsp3) is 0.615. The number of hydrogen-bond donors (Lipinski definition) is 1. The molecule has 1 fully saturated rings. The van der Waals surface area contributed by atoms with E-state index in [1.165, 1.54) is 18.4 Å². The quantitative estimate of drug-likeness (QED) is 0.517. The number of carbonyl (C=O) groups excluding carboxylic acids is 1. The summed E-state index contributed by atoms with van der Waals surface area (Å²) >= 11 is 0. The average Bonchev–Trinajstić information content (AvgIpc) is 2.81. The van der Waals surface area contributed by atoms with E-state index in [1.54, 1.807) is 7.11 Å². The molecular formula is C26H39N3O3. The molecule has 1 aliphatic rings. The Morgan fingerprint density at radius 2 is 2.00 bits per heavy atom. The fourth-order valence-corrected chi connectivity index (χ4v) is 4.31. The van der Waals surface area contributed by atoms with E-state index in [1.807, 2.05) is 12.3 Å². The second-order valence-electron chi connectivity index (χ2n) is 8.77. The minimum atomic E-state index is -0.0785. The van der Waals surface area contributed by atoms with Gasteiger partial charge in [-0.15, -0.1) is 0 Å². The minimum Gasteiger partial charge on any atom is -0.488 e. The monoisotopic (exact) mass is 441 g/mol. The van der Waals surface area contributed by atoms with Gasteiger partial charge in [0.05, 0.1) is 6.61 Å². The van der Waals surface area contributed by atoms with E-state index in [0.29, 0.717) is 13.0 Å². The first kappa shape index (κ1) is 24.5. The number of rotatable bonds is 12. The third kappa shape index (κ3) is 6.91. The van der Waals surface area contributed by atoms with Crippen molar-refractivity contribution in [2.24, 2.45) is 0 Å². The van der Waals surface area contributed by atoms with Gasteiger partial charge in [-0.2, -0.15) is 0 Å². The van der Waals surface area contributed by atoms with Crippen molar-refractivity contribution in [2.45, 2.75) is 77.5 Å². The van der Waals surface area contributed by atoms with Crippen LogP contribution in [0.1, 0.15) is 64.4 Å². The molecule has 32 heavy (non-hydrogen) atoms. The van der Waals surface area contributed by atoms with Crippen molar-refractivity contribution >= 4 is 16.8 Å². The molecule has 1 aliphatic heterocycles. The summed E-state index contributed by atoms with van der Waals surface area (Å²) in [5.41, 5.74) is 2.25. The second kappa shape index (κ2) is 12.8. The molecule has 0 bridgehead atoms. The van der Waals surface area contributed by atoms with Gasteiger partial charge in [0.1, 0.15) is 23.5 Å². The van der Waals surface area contributed by atoms with E-state index in [-0.39, 0.29) is 18.2 Å². The minimum absolute atomic E-state index is 0.0785. The topological polar surface area (TPSA) is 63.7 Å². The number of hydrogen-bond acceptors (Lipinski definition) is 5. The van der Waals surface area contributed by atoms with Crippen LogP contribution < -0.4 is 10.1 Å². The molecule has 3 rings (SSSR count). The highest BCUT2D eigenvalue weighted by atomic mass is 16.5. The number of ether oxygens (including phenoxy) is 2. The smallest absolute Gasteiger partial charge is 0.221 e. The molecule has 1 atom stereocenters. The number of carbonyl (C=O) groups is 1. The van der Waals surface area contributed by atoms with Gasteiger partial charge in [-0.1, -0.05) is 32.8 Å². The first-order chi connectivity index (χ1) is 15.6. The van der Waals surface area contributed by atoms with Crippen LogP contribution in [-0.2, 0) is 16.0 Å². The molecule has 1 aromatic carbocycles. The number of nitrogens with one attached hydrogen (secondary N) is 1. The number of unbranched alkanes of at least 4 members (excludes halogenated alkanes) is 2. The van der Waals surface area contributed by atoms with Gasteiger partial charge in [0.25, 0.3) is 0 Å². The Hall–Kier alpha value is -2.18. The number of likely N-dealkylation sites (tertiary alicyclic amines) is 1. The number of aryl methyl sites for hydroxylation is 1. The van der Waals surface area contributed by atoms with Crippen LogP contribution in [0.5, 0.6) is 5.75 Å². The van der Waals surface area contributed by atoms with Crippen molar-refractivity contribution in [2.75, 3.05) is 26.8 Å². The number of piperidine rings is 1. The summed E-state index contributed by atoms with van der Waals surface area (Å²) in [6.07, 6.45) is 9.66. The maximum absolute atomic E-state index is 12.2. The lowest BCUT2D eigenvalue weighted by Gasteiger charge is -2.37. The molecule has 0 saturated carbocycles. The van der Waals surface area contributed by atoms with Crippen molar-refractivity contribution in [3.05, 3.63) is 36.0 Å². The molecule has 176 valence electrons. The predicted molar refractivity (Wildman–Crippen MR) is 129 cm³/mol. The summed E-state index contributed by atoms with van der Waals surface area (Å²) < 4.78 is 11.9. The lowest BCUT2D eigenvalue weighted by molar-refractivity contribution is -0.124. The Morgan fingerprint density at radius 1 is 1.22 bits per heavy atom. The second-order valence-corrected chi connectivity index (χ2v) is 8.77. The van der Waals surface area contributed by atoms with Crippen molar-refractivity contribution in [1.29, 1.82) is 0 Å². The zero-order chi connectivity index (χ0) is 22.8. The van der Waals surface area contributed by atoms with Gasteiger partial charge >= 0.3 is 0 Å². The van der Waals surface area contributed by atoms with Gasteiger partial charge < -0.3 is 14.8 Å². The third-order valence-electron chi connectivity index (χ3n) is 6.17. The van der Waals surface area contributed by atoms with E-state index in [2.05, 4.69) is 47.2 Å². The number of benzene rings is 1. The average molecular weight is 442 g/mol. The molecule has 0 radical (unpaired) electrons. The third-order valence-corrected chi connectivity index (χ3v) is 6.17. The zero-order valence-electron chi connectivity index (χ0n) is 19.9. The number of methoxy groups -OCH3 is 1. The van der Waals surface area contributed by atoms with Crippen LogP contribution >= 0.6 is 0 Å². The first-order valence-corrected chi connectivity index (χ1v) is 12.2. The Balaban J connectivity index is 1.62. The van der Waals surface area contributed by atoms with Crippen molar-refractivity contribution in [1.82, 2.24) is 15.2 Å². The highest BCUT2D eigenvalue weighted by molar-refractivity contribution is 5.85. The molecule has 1 saturated heterocycles. The lowest BCUT2D eigenvalue weighted by Crippen LogP contribution is -2.54. The van der Waals surface area contributed by atoms with Crippen LogP contribution in [0.2, 0.25) is 0 Å². The summed E-state index contributed by atoms with van der Waals surface area (Å²) in [7, 11) is 1.69. The Labute approximate surface area is 192 Å². The standard InChI is InChI=1S/C26H39N3O3/c1-4-6-9-20-17-21-10-8-14-27-26(21)23(18-20)32-22-12-15-29(16-13-22)24(19-31-3)28-25(30)11-7-5-2/h8,10,14,17-18,22,24H,4-7,9,11-13,15-16,19H2,1-3H3,(H,28,30). The van der Waals surface area contributed by atoms with Crippen molar-refractivity contribution < 1.29 is 14.3 Å². The Kier molecular flexibility index (Phi) is 9.75. The first-order valence-electron chi connectivity index (χ1n) is 12.2. The summed E-state index contributed by atoms with van der Waals surface area (Å²) in [5.74, 6) is 1.00. The molecule has 2 aromatic rings. The molecule has 0 spiro atoms. The van der Waals surface area contributed by atoms with Gasteiger partial charge in [-0.3, -0.25) is 14.7 Å². The van der Waals surface area contributed by atoms with E-state index in [4.69, 9.17) is 9.47 Å². The zero-order valence-corrected chi connectivity index (χ0v) is 19.9. The van der Waals surface area contributed by atoms with Gasteiger partial charge in [0.2, 0.25) is 5.91 Å². The SMILES string of the molecule is CCCCC(=O)NC(COC)N1CCC(Oc2cc(CCCC)cc3cccnc23)CC1. The maximum Gasteiger partial charge on any atom is 0.221 e. The molecule has 2 heterocycles. The summed E-state index contributed by atoms with van der Waals surface area (Å²) in [5, 5.41) is 4.29. The van der Waals surface area contributed by atoms with Gasteiger partial charge in [0.15, 0.2) is 0 Å². The molecule has 0 aliphatic carbocycles. The fourth-order valence-electron chi connectivity index (χ4n) is 4.31. The highest BCUT2D eigenvalue weighted by Crippen LogP contribution is 2.29. The van der Waals surface area contributed by atoms with Gasteiger partial charge in [-0.25, -0.2) is 0 Å². The molecule has 1 aromatic heterocycles. The van der Waals surface area contributed by atoms with Crippen LogP contribution in [0.15, 0.2) is 30.5 Å². The summed E-state index contributed by atoms with van der Waals surface area (Å²) in [4.78, 5) is 19.1. The number of fused-ring (bicyclic) bond motifs is 1. The number of aromatic nitrogens is 1. The Bertz CT molecular complexity index is 849. The lowest BCUT2D eigenvalue weighted by atomic mass is 10.0. The molecule has 1 unspecified atom stereocenters. The molecule has 1 amide bonds. The molecule has 1 N–H and O–H groups in total. The molecule has 6 heteroatoms. The van der Waals surface area contributed by atoms with Crippen molar-refractivity contribution in [3.63, 3.8) is 0 Å². The van der Waals surface area contributed by atoms with Crippen LogP contribution in [0, 0.1) is 0 Å². The number of amides is 1. The van der Waals surface area contributed by atoms with E-state index < -0.39 is 0 Å². The van der Waals surface area contributed by atoms with Crippen LogP contribution in [0.3, 0.4) is 0 Å². The van der Waals surface area contributed by atoms with Crippen LogP contribution in [0.25, 0.3) is 10.9 Å². The largest absolute Gasteiger partial charge is 0.488 e. The normalized spacial score (nSPS) is 16.2.